The summed E-state index contributed by atoms with van der Waals surface area (Å²) in [5, 5.41) is 81.2. The van der Waals surface area contributed by atoms with E-state index in [1.54, 1.807) is 78.0 Å². The van der Waals surface area contributed by atoms with E-state index in [9.17, 15) is 59.7 Å². The molecule has 8 aliphatic rings. The lowest BCUT2D eigenvalue weighted by Gasteiger charge is -2.62. The van der Waals surface area contributed by atoms with Crippen LogP contribution in [0.2, 0.25) is 0 Å². The number of rotatable bonds is 19. The van der Waals surface area contributed by atoms with Crippen molar-refractivity contribution in [2.75, 3.05) is 59.8 Å². The summed E-state index contributed by atoms with van der Waals surface area (Å²) in [6.07, 6.45) is 6.57. The molecule has 17 atom stereocenters. The predicted molar refractivity (Wildman–Crippen MR) is 274 cm³/mol. The number of fused-ring (bicyclic) bond motifs is 10. The molecule has 0 spiro atoms. The number of aliphatic hydroxyl groups excluding tert-OH is 4. The van der Waals surface area contributed by atoms with Crippen LogP contribution in [0.4, 0.5) is 8.78 Å². The lowest BCUT2D eigenvalue weighted by molar-refractivity contribution is -0.219. The monoisotopic (exact) mass is 1070 g/mol. The number of ether oxygens (including phenoxy) is 2. The molecule has 6 fully saturated rings. The van der Waals surface area contributed by atoms with E-state index < -0.39 is 166 Å². The average Bonchev–Trinajstić information content (AvgIpc) is 3.95. The van der Waals surface area contributed by atoms with Gasteiger partial charge in [0.1, 0.15) is 24.4 Å². The maximum atomic E-state index is 18.0. The molecule has 1 unspecified atom stereocenters. The second-order valence-corrected chi connectivity index (χ2v) is 24.5. The number of hydrogen-bond acceptors (Lipinski definition) is 16. The molecule has 0 aromatic rings. The molecule has 76 heavy (non-hydrogen) atoms. The van der Waals surface area contributed by atoms with Gasteiger partial charge < -0.3 is 50.5 Å². The molecule has 0 radical (unpaired) electrons. The van der Waals surface area contributed by atoms with E-state index in [-0.39, 0.29) is 32.6 Å². The van der Waals surface area contributed by atoms with Gasteiger partial charge in [-0.1, -0.05) is 51.0 Å². The average molecular weight is 1070 g/mol. The number of hydrogen-bond donors (Lipinski definition) is 8. The van der Waals surface area contributed by atoms with E-state index >= 15 is 8.78 Å². The minimum Gasteiger partial charge on any atom is -0.390 e. The molecule has 420 valence electrons. The Morgan fingerprint density at radius 2 is 1.12 bits per heavy atom. The zero-order valence-corrected chi connectivity index (χ0v) is 44.9. The van der Waals surface area contributed by atoms with Crippen LogP contribution in [-0.4, -0.2) is 176 Å². The number of carbonyl (C=O) groups is 5. The highest BCUT2D eigenvalue weighted by Crippen LogP contribution is 2.72. The lowest BCUT2D eigenvalue weighted by Crippen LogP contribution is -2.69. The van der Waals surface area contributed by atoms with Gasteiger partial charge in [-0.15, -0.1) is 0 Å². The van der Waals surface area contributed by atoms with Crippen LogP contribution >= 0.6 is 0 Å². The molecule has 17 nitrogen and oxygen atoms in total. The zero-order valence-electron chi connectivity index (χ0n) is 44.9. The number of nitrogens with one attached hydrogen (secondary N) is 1. The van der Waals surface area contributed by atoms with Gasteiger partial charge in [0.25, 0.3) is 5.91 Å². The Morgan fingerprint density at radius 1 is 0.697 bits per heavy atom. The summed E-state index contributed by atoms with van der Waals surface area (Å²) < 4.78 is 46.4. The van der Waals surface area contributed by atoms with Gasteiger partial charge in [-0.05, 0) is 113 Å². The highest BCUT2D eigenvalue weighted by atomic mass is 19.1. The molecule has 0 aromatic heterocycles. The third-order valence-corrected chi connectivity index (χ3v) is 20.8. The van der Waals surface area contributed by atoms with Crippen LogP contribution in [0, 0.1) is 57.2 Å². The number of aliphatic imine (C=N–C) groups is 2. The number of amides is 1. The molecular formula is C57H79F2N3O14. The Bertz CT molecular complexity index is 2410. The molecule has 8 rings (SSSR count). The van der Waals surface area contributed by atoms with Gasteiger partial charge in [0, 0.05) is 60.0 Å². The minimum atomic E-state index is -2.54. The molecule has 0 aliphatic heterocycles. The highest BCUT2D eigenvalue weighted by molar-refractivity contribution is 6.08. The molecule has 1 amide bonds. The molecule has 0 bridgehead atoms. The van der Waals surface area contributed by atoms with Crippen LogP contribution < -0.4 is 5.32 Å². The number of halogens is 2. The van der Waals surface area contributed by atoms with Gasteiger partial charge in [-0.2, -0.15) is 0 Å². The second kappa shape index (κ2) is 20.6. The smallest absolute Gasteiger partial charge is 0.252 e. The third-order valence-electron chi connectivity index (χ3n) is 20.8. The van der Waals surface area contributed by atoms with Gasteiger partial charge in [-0.3, -0.25) is 34.0 Å². The molecular weight excluding hydrogens is 989 g/mol. The topological polar surface area (TPSA) is 282 Å². The Labute approximate surface area is 443 Å². The van der Waals surface area contributed by atoms with Crippen molar-refractivity contribution in [3.63, 3.8) is 0 Å². The minimum absolute atomic E-state index is 0.0412. The standard InChI is InChI=1S/C57H79F2N3O14/c1-32-20-42-40-10-8-34-22-36(12-14-49(34,3)54(40,58)44(67)26-51(42,5)56(32,73)46(69)30-63)61-28-38(65)24-53(72,48(71)60-16-17-76-19-18-75-7)25-39(66)29-62-37-13-15-50(4)35(23-37)9-11-41-43-21-33(2)57(74,47(70)31-64)52(43,6)27-45(68)55(41,50)59/h12-15,22-23,32-33,40-45,63-64,67-68,72-74H,8-11,16-21,24-31H2,1-7H3,(H,60,71)/t32-,33+,40-,41-,42-,43-,44-,45-,49-,50-,51-,52-,53?,54-,55-,56-,57-/m0/s1. The van der Waals surface area contributed by atoms with E-state index in [2.05, 4.69) is 15.3 Å². The van der Waals surface area contributed by atoms with Crippen molar-refractivity contribution in [3.05, 3.63) is 47.6 Å². The summed E-state index contributed by atoms with van der Waals surface area (Å²) in [6, 6.07) is 0. The fourth-order valence-electron chi connectivity index (χ4n) is 16.7. The van der Waals surface area contributed by atoms with E-state index in [0.717, 1.165) is 0 Å². The molecule has 8 N–H and O–H groups in total. The zero-order chi connectivity index (χ0) is 55.8. The summed E-state index contributed by atoms with van der Waals surface area (Å²) in [4.78, 5) is 76.1. The Hall–Kier alpha value is -4.05. The number of Topliss-reactive ketones (excluding diaryl/α,β-unsaturated/α-hetero) is 4. The Kier molecular flexibility index (Phi) is 15.7. The lowest BCUT2D eigenvalue weighted by atomic mass is 9.44. The molecule has 0 aromatic carbocycles. The van der Waals surface area contributed by atoms with Crippen LogP contribution in [-0.2, 0) is 33.4 Å². The molecule has 19 heteroatoms. The first-order valence-electron chi connectivity index (χ1n) is 27.0. The quantitative estimate of drug-likeness (QED) is 0.0865. The first-order valence-corrected chi connectivity index (χ1v) is 27.0. The summed E-state index contributed by atoms with van der Waals surface area (Å²) in [5.74, 6) is -7.41. The third kappa shape index (κ3) is 8.49. The van der Waals surface area contributed by atoms with Crippen LogP contribution in [0.1, 0.15) is 106 Å². The van der Waals surface area contributed by atoms with Crippen molar-refractivity contribution in [1.82, 2.24) is 5.32 Å². The maximum absolute atomic E-state index is 18.0. The summed E-state index contributed by atoms with van der Waals surface area (Å²) in [5.41, 5.74) is -13.9. The van der Waals surface area contributed by atoms with Crippen molar-refractivity contribution in [1.29, 1.82) is 0 Å². The first-order chi connectivity index (χ1) is 35.6. The number of ketones is 4. The van der Waals surface area contributed by atoms with E-state index in [1.165, 1.54) is 7.11 Å². The van der Waals surface area contributed by atoms with Crippen molar-refractivity contribution in [2.24, 2.45) is 67.2 Å². The second-order valence-electron chi connectivity index (χ2n) is 24.5. The Balaban J connectivity index is 0.949. The van der Waals surface area contributed by atoms with Gasteiger partial charge in [0.15, 0.2) is 40.1 Å². The van der Waals surface area contributed by atoms with Crippen molar-refractivity contribution in [2.45, 2.75) is 146 Å². The van der Waals surface area contributed by atoms with Gasteiger partial charge in [0.05, 0.1) is 56.5 Å². The normalized spacial score (nSPS) is 43.8. The molecule has 0 saturated heterocycles. The van der Waals surface area contributed by atoms with E-state index in [4.69, 9.17) is 9.47 Å². The van der Waals surface area contributed by atoms with E-state index in [0.29, 0.717) is 67.7 Å². The number of methoxy groups -OCH3 is 1. The fraction of sp³-hybridized carbons (Fsp3) is 0.737. The number of aliphatic hydroxyl groups is 7. The maximum Gasteiger partial charge on any atom is 0.252 e. The molecule has 6 saturated carbocycles. The van der Waals surface area contributed by atoms with Crippen LogP contribution in [0.25, 0.3) is 0 Å². The fourth-order valence-corrected chi connectivity index (χ4v) is 16.7. The van der Waals surface area contributed by atoms with Gasteiger partial charge >= 0.3 is 0 Å². The summed E-state index contributed by atoms with van der Waals surface area (Å²) >= 11 is 0. The number of allylic oxidation sites excluding steroid dienone is 8. The summed E-state index contributed by atoms with van der Waals surface area (Å²) in [7, 11) is 1.50. The van der Waals surface area contributed by atoms with Gasteiger partial charge in [0.2, 0.25) is 0 Å². The predicted octanol–water partition coefficient (Wildman–Crippen LogP) is 2.98. The first kappa shape index (κ1) is 58.1. The SMILES string of the molecule is COCCOCCNC(=O)C(O)(CC(=O)CN=C1C=C[C@@]2(C)C(=C1)CC[C@H]1[C@@H]3C[C@@H](C)[C@](O)(C(=O)CO)[C@@]3(C)C[C@H](O)[C@@]12F)CC(=O)CN=C1C=C[C@@]2(C)C(=C1)CC[C@H]1[C@@H]3C[C@H](C)[C@](O)(C(=O)CO)[C@@]3(C)C[C@H](O)[C@@]12F. The van der Waals surface area contributed by atoms with Crippen LogP contribution in [0.3, 0.4) is 0 Å². The van der Waals surface area contributed by atoms with Crippen molar-refractivity contribution < 1.29 is 78.0 Å². The largest absolute Gasteiger partial charge is 0.390 e. The van der Waals surface area contributed by atoms with Crippen LogP contribution in [0.5, 0.6) is 0 Å². The number of carbonyl (C=O) groups excluding carboxylic acids is 5. The number of nitrogens with zero attached hydrogens (tertiary/aromatic N) is 2. The van der Waals surface area contributed by atoms with Crippen molar-refractivity contribution in [3.8, 4) is 0 Å². The van der Waals surface area contributed by atoms with E-state index in [1.807, 2.05) is 0 Å². The van der Waals surface area contributed by atoms with Crippen molar-refractivity contribution >= 4 is 40.5 Å². The molecule has 8 aliphatic carbocycles. The van der Waals surface area contributed by atoms with Crippen LogP contribution in [0.15, 0.2) is 57.6 Å². The summed E-state index contributed by atoms with van der Waals surface area (Å²) in [6.45, 7) is 7.98. The Morgan fingerprint density at radius 3 is 1.51 bits per heavy atom. The molecule has 0 heterocycles. The number of alkyl halides is 2. The highest BCUT2D eigenvalue weighted by Gasteiger charge is 2.77. The van der Waals surface area contributed by atoms with Gasteiger partial charge in [-0.25, -0.2) is 8.78 Å².